The van der Waals surface area contributed by atoms with Gasteiger partial charge in [0.15, 0.2) is 0 Å². The van der Waals surface area contributed by atoms with Crippen molar-refractivity contribution in [1.29, 1.82) is 0 Å². The molecule has 0 aliphatic carbocycles. The number of amides is 3. The number of carbonyl (C=O) groups excluding carboxylic acids is 2. The van der Waals surface area contributed by atoms with Crippen LogP contribution in [0.5, 0.6) is 0 Å². The minimum Gasteiger partial charge on any atom is -0.338 e. The van der Waals surface area contributed by atoms with Gasteiger partial charge in [0.05, 0.1) is 4.92 Å². The predicted octanol–water partition coefficient (Wildman–Crippen LogP) is 1.62. The van der Waals surface area contributed by atoms with Crippen LogP contribution < -0.4 is 10.6 Å². The van der Waals surface area contributed by atoms with Crippen molar-refractivity contribution in [2.45, 2.75) is 20.3 Å². The molecular weight excluding hydrogens is 250 g/mol. The fourth-order valence-corrected chi connectivity index (χ4v) is 1.55. The minimum atomic E-state index is -0.670. The quantitative estimate of drug-likeness (QED) is 0.637. The van der Waals surface area contributed by atoms with Crippen molar-refractivity contribution >= 4 is 17.6 Å². The zero-order valence-corrected chi connectivity index (χ0v) is 10.7. The molecule has 0 bridgehead atoms. The fraction of sp³-hybridized carbons (Fsp3) is 0.333. The molecule has 0 saturated heterocycles. The van der Waals surface area contributed by atoms with Crippen LogP contribution in [-0.4, -0.2) is 23.4 Å². The van der Waals surface area contributed by atoms with E-state index in [1.165, 1.54) is 18.2 Å². The smallest absolute Gasteiger partial charge is 0.321 e. The average Bonchev–Trinajstić information content (AvgIpc) is 2.37. The summed E-state index contributed by atoms with van der Waals surface area (Å²) in [6, 6.07) is 3.52. The van der Waals surface area contributed by atoms with E-state index in [1.807, 2.05) is 0 Å². The molecule has 1 aromatic carbocycles. The van der Waals surface area contributed by atoms with E-state index in [1.54, 1.807) is 13.8 Å². The Kier molecular flexibility index (Phi) is 4.99. The SMILES string of the molecule is CCNC(=O)NC(=O)c1ccc(CC)c([N+](=O)[O-])c1. The van der Waals surface area contributed by atoms with E-state index < -0.39 is 16.9 Å². The van der Waals surface area contributed by atoms with Gasteiger partial charge in [-0.15, -0.1) is 0 Å². The lowest BCUT2D eigenvalue weighted by Crippen LogP contribution is -2.39. The molecule has 0 heterocycles. The lowest BCUT2D eigenvalue weighted by molar-refractivity contribution is -0.385. The first-order chi connectivity index (χ1) is 8.99. The molecule has 7 heteroatoms. The van der Waals surface area contributed by atoms with Gasteiger partial charge in [-0.25, -0.2) is 4.79 Å². The Hall–Kier alpha value is -2.44. The number of nitrogens with zero attached hydrogens (tertiary/aromatic N) is 1. The molecule has 7 nitrogen and oxygen atoms in total. The highest BCUT2D eigenvalue weighted by molar-refractivity contribution is 6.04. The van der Waals surface area contributed by atoms with E-state index in [-0.39, 0.29) is 11.3 Å². The van der Waals surface area contributed by atoms with Crippen molar-refractivity contribution < 1.29 is 14.5 Å². The van der Waals surface area contributed by atoms with Gasteiger partial charge in [-0.2, -0.15) is 0 Å². The van der Waals surface area contributed by atoms with Crippen LogP contribution in [0.1, 0.15) is 29.8 Å². The van der Waals surface area contributed by atoms with Crippen molar-refractivity contribution in [1.82, 2.24) is 10.6 Å². The number of carbonyl (C=O) groups is 2. The van der Waals surface area contributed by atoms with Crippen molar-refractivity contribution in [2.24, 2.45) is 0 Å². The summed E-state index contributed by atoms with van der Waals surface area (Å²) in [7, 11) is 0. The number of hydrogen-bond acceptors (Lipinski definition) is 4. The van der Waals surface area contributed by atoms with Gasteiger partial charge in [0.2, 0.25) is 0 Å². The van der Waals surface area contributed by atoms with Gasteiger partial charge in [0.1, 0.15) is 0 Å². The third-order valence-corrected chi connectivity index (χ3v) is 2.49. The average molecular weight is 265 g/mol. The van der Waals surface area contributed by atoms with E-state index in [9.17, 15) is 19.7 Å². The van der Waals surface area contributed by atoms with Gasteiger partial charge >= 0.3 is 6.03 Å². The Morgan fingerprint density at radius 1 is 1.32 bits per heavy atom. The first-order valence-corrected chi connectivity index (χ1v) is 5.86. The number of nitro benzene ring substituents is 1. The number of aryl methyl sites for hydroxylation is 1. The van der Waals surface area contributed by atoms with Gasteiger partial charge in [0.25, 0.3) is 11.6 Å². The van der Waals surface area contributed by atoms with Crippen LogP contribution in [0.15, 0.2) is 18.2 Å². The van der Waals surface area contributed by atoms with Gasteiger partial charge < -0.3 is 5.32 Å². The Morgan fingerprint density at radius 2 is 2.00 bits per heavy atom. The van der Waals surface area contributed by atoms with Gasteiger partial charge in [-0.1, -0.05) is 13.0 Å². The number of nitrogens with one attached hydrogen (secondary N) is 2. The highest BCUT2D eigenvalue weighted by atomic mass is 16.6. The van der Waals surface area contributed by atoms with E-state index in [0.717, 1.165) is 0 Å². The maximum absolute atomic E-state index is 11.7. The standard InChI is InChI=1S/C12H15N3O4/c1-3-8-5-6-9(7-10(8)15(18)19)11(16)14-12(17)13-4-2/h5-7H,3-4H2,1-2H3,(H2,13,14,16,17). The zero-order chi connectivity index (χ0) is 14.4. The predicted molar refractivity (Wildman–Crippen MR) is 69.0 cm³/mol. The van der Waals surface area contributed by atoms with Crippen molar-refractivity contribution in [3.05, 3.63) is 39.4 Å². The first kappa shape index (κ1) is 14.6. The van der Waals surface area contributed by atoms with Crippen LogP contribution in [0.25, 0.3) is 0 Å². The largest absolute Gasteiger partial charge is 0.338 e. The highest BCUT2D eigenvalue weighted by Crippen LogP contribution is 2.20. The summed E-state index contributed by atoms with van der Waals surface area (Å²) in [6.45, 7) is 3.88. The molecule has 0 unspecified atom stereocenters. The van der Waals surface area contributed by atoms with E-state index >= 15 is 0 Å². The summed E-state index contributed by atoms with van der Waals surface area (Å²) in [5.74, 6) is -0.670. The van der Waals surface area contributed by atoms with Crippen LogP contribution in [0.2, 0.25) is 0 Å². The molecular formula is C12H15N3O4. The number of rotatable bonds is 4. The Balaban J connectivity index is 2.95. The van der Waals surface area contributed by atoms with E-state index in [2.05, 4.69) is 10.6 Å². The molecule has 0 aliphatic heterocycles. The second-order valence-electron chi connectivity index (χ2n) is 3.77. The molecule has 0 radical (unpaired) electrons. The molecule has 0 aromatic heterocycles. The molecule has 1 aromatic rings. The number of imide groups is 1. The van der Waals surface area contributed by atoms with Crippen LogP contribution in [-0.2, 0) is 6.42 Å². The molecule has 0 fully saturated rings. The molecule has 0 spiro atoms. The van der Waals surface area contributed by atoms with Crippen LogP contribution >= 0.6 is 0 Å². The van der Waals surface area contributed by atoms with Crippen molar-refractivity contribution in [3.8, 4) is 0 Å². The normalized spacial score (nSPS) is 9.79. The second kappa shape index (κ2) is 6.48. The summed E-state index contributed by atoms with van der Waals surface area (Å²) < 4.78 is 0. The molecule has 1 rings (SSSR count). The highest BCUT2D eigenvalue weighted by Gasteiger charge is 2.17. The maximum atomic E-state index is 11.7. The van der Waals surface area contributed by atoms with Gasteiger partial charge in [-0.3, -0.25) is 20.2 Å². The third kappa shape index (κ3) is 3.77. The summed E-state index contributed by atoms with van der Waals surface area (Å²) in [5.41, 5.74) is 0.501. The fourth-order valence-electron chi connectivity index (χ4n) is 1.55. The van der Waals surface area contributed by atoms with Crippen molar-refractivity contribution in [2.75, 3.05) is 6.54 Å². The summed E-state index contributed by atoms with van der Waals surface area (Å²) in [4.78, 5) is 33.2. The van der Waals surface area contributed by atoms with E-state index in [4.69, 9.17) is 0 Å². The molecule has 0 atom stereocenters. The lowest BCUT2D eigenvalue weighted by Gasteiger charge is -2.06. The Morgan fingerprint density at radius 3 is 2.53 bits per heavy atom. The van der Waals surface area contributed by atoms with Crippen LogP contribution in [0.4, 0.5) is 10.5 Å². The summed E-state index contributed by atoms with van der Waals surface area (Å²) in [5, 5.41) is 15.4. The molecule has 0 aliphatic rings. The maximum Gasteiger partial charge on any atom is 0.321 e. The zero-order valence-electron chi connectivity index (χ0n) is 10.7. The molecule has 2 N–H and O–H groups in total. The monoisotopic (exact) mass is 265 g/mol. The Labute approximate surface area is 110 Å². The summed E-state index contributed by atoms with van der Waals surface area (Å²) in [6.07, 6.45) is 0.495. The molecule has 3 amide bonds. The third-order valence-electron chi connectivity index (χ3n) is 2.49. The van der Waals surface area contributed by atoms with Crippen LogP contribution in [0.3, 0.4) is 0 Å². The number of urea groups is 1. The topological polar surface area (TPSA) is 101 Å². The molecule has 102 valence electrons. The number of benzene rings is 1. The van der Waals surface area contributed by atoms with Gasteiger partial charge in [0, 0.05) is 23.7 Å². The van der Waals surface area contributed by atoms with Crippen LogP contribution in [0, 0.1) is 10.1 Å². The number of hydrogen-bond donors (Lipinski definition) is 2. The molecule has 0 saturated carbocycles. The van der Waals surface area contributed by atoms with E-state index in [0.29, 0.717) is 18.5 Å². The van der Waals surface area contributed by atoms with Crippen molar-refractivity contribution in [3.63, 3.8) is 0 Å². The second-order valence-corrected chi connectivity index (χ2v) is 3.77. The van der Waals surface area contributed by atoms with Gasteiger partial charge in [-0.05, 0) is 19.4 Å². The first-order valence-electron chi connectivity index (χ1n) is 5.86. The summed E-state index contributed by atoms with van der Waals surface area (Å²) >= 11 is 0. The lowest BCUT2D eigenvalue weighted by atomic mass is 10.1. The number of nitro groups is 1. The Bertz CT molecular complexity index is 514. The minimum absolute atomic E-state index is 0.0788. The molecule has 19 heavy (non-hydrogen) atoms.